The van der Waals surface area contributed by atoms with E-state index in [9.17, 15) is 9.59 Å². The number of carboxylic acid groups (broad SMARTS) is 1. The van der Waals surface area contributed by atoms with Crippen molar-refractivity contribution in [1.82, 2.24) is 4.90 Å². The lowest BCUT2D eigenvalue weighted by Crippen LogP contribution is -2.33. The van der Waals surface area contributed by atoms with Gasteiger partial charge < -0.3 is 10.0 Å². The molecule has 1 fully saturated rings. The molecule has 1 heterocycles. The Labute approximate surface area is 152 Å². The summed E-state index contributed by atoms with van der Waals surface area (Å²) < 4.78 is 0. The van der Waals surface area contributed by atoms with E-state index in [2.05, 4.69) is 18.4 Å². The molecule has 1 aromatic heterocycles. The summed E-state index contributed by atoms with van der Waals surface area (Å²) in [5.41, 5.74) is 2.35. The van der Waals surface area contributed by atoms with Crippen LogP contribution in [-0.4, -0.2) is 28.4 Å². The van der Waals surface area contributed by atoms with Crippen LogP contribution in [0.1, 0.15) is 41.2 Å². The minimum Gasteiger partial charge on any atom is -0.481 e. The van der Waals surface area contributed by atoms with E-state index in [-0.39, 0.29) is 18.2 Å². The number of thiophene rings is 1. The van der Waals surface area contributed by atoms with Gasteiger partial charge in [0, 0.05) is 36.2 Å². The lowest BCUT2D eigenvalue weighted by atomic mass is 10.1. The highest BCUT2D eigenvalue weighted by Crippen LogP contribution is 2.51. The fourth-order valence-corrected chi connectivity index (χ4v) is 4.36. The number of amides is 1. The molecule has 1 aromatic carbocycles. The molecule has 0 radical (unpaired) electrons. The summed E-state index contributed by atoms with van der Waals surface area (Å²) in [4.78, 5) is 26.9. The van der Waals surface area contributed by atoms with E-state index in [0.717, 1.165) is 12.0 Å². The van der Waals surface area contributed by atoms with Crippen molar-refractivity contribution < 1.29 is 14.7 Å². The average Bonchev–Trinajstić information content (AvgIpc) is 3.27. The van der Waals surface area contributed by atoms with Gasteiger partial charge in [-0.15, -0.1) is 11.3 Å². The van der Waals surface area contributed by atoms with Gasteiger partial charge in [-0.05, 0) is 42.3 Å². The normalized spacial score (nSPS) is 18.8. The van der Waals surface area contributed by atoms with Crippen LogP contribution >= 0.6 is 11.3 Å². The van der Waals surface area contributed by atoms with E-state index in [1.165, 1.54) is 10.4 Å². The van der Waals surface area contributed by atoms with Crippen LogP contribution in [0.2, 0.25) is 0 Å². The van der Waals surface area contributed by atoms with Gasteiger partial charge in [-0.2, -0.15) is 0 Å². The van der Waals surface area contributed by atoms with Gasteiger partial charge in [0.05, 0.1) is 0 Å². The van der Waals surface area contributed by atoms with Crippen molar-refractivity contribution in [3.05, 3.63) is 57.8 Å². The standard InChI is InChI=1S/C20H23NO3S/c1-14-9-11-25-19(14)16-12-17(16)20(24)21(10-5-8-18(22)23)13-15-6-3-2-4-7-15/h2-4,6-7,9,11,16-17H,5,8,10,12-13H2,1H3,(H,22,23). The molecule has 1 N–H and O–H groups in total. The summed E-state index contributed by atoms with van der Waals surface area (Å²) in [6.45, 7) is 3.14. The molecule has 4 nitrogen and oxygen atoms in total. The van der Waals surface area contributed by atoms with Gasteiger partial charge in [0.15, 0.2) is 0 Å². The van der Waals surface area contributed by atoms with Crippen molar-refractivity contribution >= 4 is 23.2 Å². The van der Waals surface area contributed by atoms with E-state index in [1.807, 2.05) is 35.2 Å². The highest BCUT2D eigenvalue weighted by atomic mass is 32.1. The zero-order valence-electron chi connectivity index (χ0n) is 14.4. The van der Waals surface area contributed by atoms with Crippen LogP contribution in [0.15, 0.2) is 41.8 Å². The molecule has 1 aliphatic carbocycles. The van der Waals surface area contributed by atoms with Crippen LogP contribution < -0.4 is 0 Å². The Morgan fingerprint density at radius 2 is 2.00 bits per heavy atom. The number of nitrogens with zero attached hydrogens (tertiary/aromatic N) is 1. The van der Waals surface area contributed by atoms with Gasteiger partial charge >= 0.3 is 5.97 Å². The Morgan fingerprint density at radius 1 is 1.24 bits per heavy atom. The monoisotopic (exact) mass is 357 g/mol. The summed E-state index contributed by atoms with van der Waals surface area (Å²) in [7, 11) is 0. The molecule has 132 valence electrons. The molecule has 2 aromatic rings. The average molecular weight is 357 g/mol. The molecule has 1 saturated carbocycles. The first-order chi connectivity index (χ1) is 12.1. The molecule has 2 unspecified atom stereocenters. The first-order valence-electron chi connectivity index (χ1n) is 8.64. The Morgan fingerprint density at radius 3 is 2.64 bits per heavy atom. The summed E-state index contributed by atoms with van der Waals surface area (Å²) in [6.07, 6.45) is 1.49. The maximum Gasteiger partial charge on any atom is 0.303 e. The lowest BCUT2D eigenvalue weighted by Gasteiger charge is -2.23. The van der Waals surface area contributed by atoms with E-state index in [4.69, 9.17) is 5.11 Å². The van der Waals surface area contributed by atoms with Gasteiger partial charge in [-0.1, -0.05) is 30.3 Å². The van der Waals surface area contributed by atoms with E-state index < -0.39 is 5.97 Å². The third-order valence-corrected chi connectivity index (χ3v) is 5.84. The zero-order valence-corrected chi connectivity index (χ0v) is 15.2. The first kappa shape index (κ1) is 17.7. The number of benzene rings is 1. The zero-order chi connectivity index (χ0) is 17.8. The SMILES string of the molecule is Cc1ccsc1C1CC1C(=O)N(CCCC(=O)O)Cc1ccccc1. The van der Waals surface area contributed by atoms with Gasteiger partial charge in [0.2, 0.25) is 5.91 Å². The summed E-state index contributed by atoms with van der Waals surface area (Å²) in [6, 6.07) is 12.0. The Kier molecular flexibility index (Phi) is 5.53. The van der Waals surface area contributed by atoms with E-state index in [0.29, 0.717) is 25.4 Å². The minimum absolute atomic E-state index is 0.0471. The fraction of sp³-hybridized carbons (Fsp3) is 0.400. The second-order valence-corrected chi connectivity index (χ2v) is 7.61. The van der Waals surface area contributed by atoms with Crippen LogP contribution in [-0.2, 0) is 16.1 Å². The van der Waals surface area contributed by atoms with Crippen LogP contribution in [0, 0.1) is 12.8 Å². The molecule has 1 amide bonds. The molecule has 1 aliphatic rings. The topological polar surface area (TPSA) is 57.6 Å². The van der Waals surface area contributed by atoms with Gasteiger partial charge in [-0.3, -0.25) is 9.59 Å². The molecule has 3 rings (SSSR count). The van der Waals surface area contributed by atoms with E-state index >= 15 is 0 Å². The summed E-state index contributed by atoms with van der Waals surface area (Å²) in [5.74, 6) is -0.270. The fourth-order valence-electron chi connectivity index (χ4n) is 3.25. The number of hydrogen-bond donors (Lipinski definition) is 1. The molecule has 0 bridgehead atoms. The largest absolute Gasteiger partial charge is 0.481 e. The van der Waals surface area contributed by atoms with Crippen molar-refractivity contribution in [3.63, 3.8) is 0 Å². The maximum atomic E-state index is 13.0. The third-order valence-electron chi connectivity index (χ3n) is 4.69. The Balaban J connectivity index is 1.66. The second kappa shape index (κ2) is 7.83. The Bertz CT molecular complexity index is 740. The first-order valence-corrected chi connectivity index (χ1v) is 9.52. The molecule has 0 saturated heterocycles. The number of rotatable bonds is 8. The number of carbonyl (C=O) groups excluding carboxylic acids is 1. The minimum atomic E-state index is -0.814. The number of carboxylic acids is 1. The highest BCUT2D eigenvalue weighted by Gasteiger charge is 2.46. The number of aliphatic carboxylic acids is 1. The van der Waals surface area contributed by atoms with Crippen LogP contribution in [0.3, 0.4) is 0 Å². The van der Waals surface area contributed by atoms with Crippen molar-refractivity contribution in [1.29, 1.82) is 0 Å². The van der Waals surface area contributed by atoms with Crippen molar-refractivity contribution in [2.75, 3.05) is 6.54 Å². The molecule has 25 heavy (non-hydrogen) atoms. The number of aryl methyl sites for hydroxylation is 1. The third kappa shape index (κ3) is 4.48. The lowest BCUT2D eigenvalue weighted by molar-refractivity contribution is -0.138. The molecule has 0 aliphatic heterocycles. The molecule has 2 atom stereocenters. The van der Waals surface area contributed by atoms with Crippen LogP contribution in [0.5, 0.6) is 0 Å². The molecule has 5 heteroatoms. The van der Waals surface area contributed by atoms with E-state index in [1.54, 1.807) is 11.3 Å². The van der Waals surface area contributed by atoms with Crippen molar-refractivity contribution in [2.45, 2.75) is 38.6 Å². The van der Waals surface area contributed by atoms with Gasteiger partial charge in [-0.25, -0.2) is 0 Å². The summed E-state index contributed by atoms with van der Waals surface area (Å²) >= 11 is 1.73. The quantitative estimate of drug-likeness (QED) is 0.775. The second-order valence-electron chi connectivity index (χ2n) is 6.66. The predicted octanol–water partition coefficient (Wildman–Crippen LogP) is 4.05. The maximum absolute atomic E-state index is 13.0. The summed E-state index contributed by atoms with van der Waals surface area (Å²) in [5, 5.41) is 11.0. The van der Waals surface area contributed by atoms with Crippen LogP contribution in [0.25, 0.3) is 0 Å². The molecular formula is C20H23NO3S. The molecular weight excluding hydrogens is 334 g/mol. The van der Waals surface area contributed by atoms with Crippen molar-refractivity contribution in [2.24, 2.45) is 5.92 Å². The van der Waals surface area contributed by atoms with Crippen molar-refractivity contribution in [3.8, 4) is 0 Å². The van der Waals surface area contributed by atoms with Gasteiger partial charge in [0.1, 0.15) is 0 Å². The number of hydrogen-bond acceptors (Lipinski definition) is 3. The van der Waals surface area contributed by atoms with Gasteiger partial charge in [0.25, 0.3) is 0 Å². The smallest absolute Gasteiger partial charge is 0.303 e. The van der Waals surface area contributed by atoms with Crippen LogP contribution in [0.4, 0.5) is 0 Å². The number of carbonyl (C=O) groups is 2. The highest BCUT2D eigenvalue weighted by molar-refractivity contribution is 7.10. The Hall–Kier alpha value is -2.14. The molecule has 0 spiro atoms. The predicted molar refractivity (Wildman–Crippen MR) is 98.6 cm³/mol.